The summed E-state index contributed by atoms with van der Waals surface area (Å²) >= 11 is 0. The van der Waals surface area contributed by atoms with E-state index in [4.69, 9.17) is 0 Å². The van der Waals surface area contributed by atoms with E-state index in [1.54, 1.807) is 0 Å². The minimum atomic E-state index is 0. The average molecular weight is 308 g/mol. The first-order chi connectivity index (χ1) is 11.9. The van der Waals surface area contributed by atoms with Crippen molar-refractivity contribution in [1.29, 1.82) is 0 Å². The molecule has 0 saturated carbocycles. The Hall–Kier alpha value is -2.52. The van der Waals surface area contributed by atoms with Crippen molar-refractivity contribution in [3.8, 4) is 0 Å². The maximum Gasteiger partial charge on any atom is 1.00 e. The fourth-order valence-electron chi connectivity index (χ4n) is 4.89. The SMILES string of the molecule is [H-].[Li+].c1cc2ccc3ccc4ccc5ccc6ccc1c1c2c3c4c5c61. The molecule has 0 heterocycles. The zero-order chi connectivity index (χ0) is 15.4. The molecule has 7 aromatic rings. The van der Waals surface area contributed by atoms with Gasteiger partial charge >= 0.3 is 18.9 Å². The third kappa shape index (κ3) is 1.43. The molecule has 7 rings (SSSR count). The van der Waals surface area contributed by atoms with Crippen LogP contribution in [0.1, 0.15) is 1.43 Å². The van der Waals surface area contributed by atoms with E-state index in [0.29, 0.717) is 0 Å². The molecule has 25 heavy (non-hydrogen) atoms. The summed E-state index contributed by atoms with van der Waals surface area (Å²) < 4.78 is 0. The molecule has 0 aromatic heterocycles. The molecule has 0 fully saturated rings. The smallest absolute Gasteiger partial charge is 1.00 e. The molecule has 0 bridgehead atoms. The number of benzene rings is 7. The van der Waals surface area contributed by atoms with Gasteiger partial charge in [0.05, 0.1) is 0 Å². The molecule has 0 aliphatic carbocycles. The molecule has 7 aromatic carbocycles. The molecule has 0 N–H and O–H groups in total. The summed E-state index contributed by atoms with van der Waals surface area (Å²) in [7, 11) is 0. The summed E-state index contributed by atoms with van der Waals surface area (Å²) in [6.07, 6.45) is 0. The number of hydrogen-bond acceptors (Lipinski definition) is 0. The molecule has 0 nitrogen and oxygen atoms in total. The Labute approximate surface area is 157 Å². The van der Waals surface area contributed by atoms with E-state index in [2.05, 4.69) is 72.8 Å². The quantitative estimate of drug-likeness (QED) is 0.225. The van der Waals surface area contributed by atoms with Crippen molar-refractivity contribution in [3.63, 3.8) is 0 Å². The Morgan fingerprint density at radius 2 is 0.400 bits per heavy atom. The third-order valence-corrected chi connectivity index (χ3v) is 5.89. The van der Waals surface area contributed by atoms with Gasteiger partial charge in [-0.2, -0.15) is 0 Å². The average Bonchev–Trinajstić information content (AvgIpc) is 2.65. The van der Waals surface area contributed by atoms with Crippen LogP contribution >= 0.6 is 0 Å². The van der Waals surface area contributed by atoms with Gasteiger partial charge < -0.3 is 1.43 Å². The van der Waals surface area contributed by atoms with Crippen LogP contribution < -0.4 is 18.9 Å². The van der Waals surface area contributed by atoms with Crippen LogP contribution in [-0.4, -0.2) is 0 Å². The summed E-state index contributed by atoms with van der Waals surface area (Å²) in [5.41, 5.74) is 0. The predicted octanol–water partition coefficient (Wildman–Crippen LogP) is 4.04. The minimum absolute atomic E-state index is 0. The molecule has 1 heteroatoms. The van der Waals surface area contributed by atoms with E-state index in [1.165, 1.54) is 64.6 Å². The molecule has 0 saturated heterocycles. The molecule has 0 radical (unpaired) electrons. The Morgan fingerprint density at radius 3 is 0.520 bits per heavy atom. The van der Waals surface area contributed by atoms with Gasteiger partial charge in [0, 0.05) is 0 Å². The van der Waals surface area contributed by atoms with Gasteiger partial charge in [-0.1, -0.05) is 72.8 Å². The van der Waals surface area contributed by atoms with Crippen LogP contribution in [0, 0.1) is 0 Å². The fourth-order valence-corrected chi connectivity index (χ4v) is 4.89. The molecule has 0 amide bonds. The Balaban J connectivity index is 0.000000750. The first-order valence-electron chi connectivity index (χ1n) is 8.46. The van der Waals surface area contributed by atoms with Gasteiger partial charge in [0.25, 0.3) is 0 Å². The zero-order valence-corrected chi connectivity index (χ0v) is 13.9. The van der Waals surface area contributed by atoms with Gasteiger partial charge in [0.1, 0.15) is 0 Å². The molecular weight excluding hydrogens is 295 g/mol. The van der Waals surface area contributed by atoms with Crippen LogP contribution in [0.2, 0.25) is 0 Å². The van der Waals surface area contributed by atoms with Crippen LogP contribution in [0.3, 0.4) is 0 Å². The maximum absolute atomic E-state index is 2.27. The van der Waals surface area contributed by atoms with Crippen LogP contribution in [0.5, 0.6) is 0 Å². The van der Waals surface area contributed by atoms with Gasteiger partial charge in [-0.3, -0.25) is 0 Å². The minimum Gasteiger partial charge on any atom is -1.00 e. The van der Waals surface area contributed by atoms with E-state index in [1.807, 2.05) is 0 Å². The van der Waals surface area contributed by atoms with Crippen molar-refractivity contribution in [3.05, 3.63) is 72.8 Å². The predicted molar refractivity (Wildman–Crippen MR) is 106 cm³/mol. The van der Waals surface area contributed by atoms with Crippen LogP contribution in [0.15, 0.2) is 72.8 Å². The van der Waals surface area contributed by atoms with E-state index in [9.17, 15) is 0 Å². The first kappa shape index (κ1) is 13.7. The summed E-state index contributed by atoms with van der Waals surface area (Å²) in [5.74, 6) is 0. The van der Waals surface area contributed by atoms with Gasteiger partial charge in [0.2, 0.25) is 0 Å². The van der Waals surface area contributed by atoms with Gasteiger partial charge in [0.15, 0.2) is 0 Å². The second-order valence-corrected chi connectivity index (χ2v) is 6.98. The summed E-state index contributed by atoms with van der Waals surface area (Å²) in [6, 6.07) is 27.3. The summed E-state index contributed by atoms with van der Waals surface area (Å²) in [6.45, 7) is 0. The number of hydrogen-bond donors (Lipinski definition) is 0. The van der Waals surface area contributed by atoms with Crippen molar-refractivity contribution in [1.82, 2.24) is 0 Å². The molecule has 0 unspecified atom stereocenters. The molecule has 0 atom stereocenters. The summed E-state index contributed by atoms with van der Waals surface area (Å²) in [4.78, 5) is 0. The largest absolute Gasteiger partial charge is 1.00 e. The Morgan fingerprint density at radius 1 is 0.280 bits per heavy atom. The van der Waals surface area contributed by atoms with Crippen LogP contribution in [-0.2, 0) is 0 Å². The van der Waals surface area contributed by atoms with Crippen LogP contribution in [0.25, 0.3) is 64.6 Å². The molecule has 0 spiro atoms. The normalized spacial score (nSPS) is 12.5. The topological polar surface area (TPSA) is 0 Å². The van der Waals surface area contributed by atoms with Gasteiger partial charge in [-0.15, -0.1) is 0 Å². The molecule has 0 aliphatic heterocycles. The van der Waals surface area contributed by atoms with E-state index < -0.39 is 0 Å². The van der Waals surface area contributed by atoms with E-state index in [-0.39, 0.29) is 20.3 Å². The van der Waals surface area contributed by atoms with Gasteiger partial charge in [-0.05, 0) is 64.6 Å². The van der Waals surface area contributed by atoms with Gasteiger partial charge in [-0.25, -0.2) is 0 Å². The standard InChI is InChI=1S/C24H12.Li.H/c1-2-14-5-6-16-9-11-18-12-10-17-8-7-15-4-3-13(1)19-20(14)22(16)24(18)23(17)21(15)19;;/h1-12H;;/q;+1;-1. The first-order valence-corrected chi connectivity index (χ1v) is 8.46. The van der Waals surface area contributed by atoms with Crippen molar-refractivity contribution >= 4 is 64.6 Å². The monoisotopic (exact) mass is 308 g/mol. The summed E-state index contributed by atoms with van der Waals surface area (Å²) in [5, 5.41) is 16.7. The third-order valence-electron chi connectivity index (χ3n) is 5.89. The molecule has 110 valence electrons. The number of rotatable bonds is 0. The molecule has 0 aliphatic rings. The van der Waals surface area contributed by atoms with E-state index >= 15 is 0 Å². The van der Waals surface area contributed by atoms with Crippen molar-refractivity contribution in [2.45, 2.75) is 0 Å². The fraction of sp³-hybridized carbons (Fsp3) is 0. The van der Waals surface area contributed by atoms with E-state index in [0.717, 1.165) is 0 Å². The zero-order valence-electron chi connectivity index (χ0n) is 14.9. The van der Waals surface area contributed by atoms with Crippen molar-refractivity contribution < 1.29 is 20.3 Å². The van der Waals surface area contributed by atoms with Crippen molar-refractivity contribution in [2.75, 3.05) is 0 Å². The van der Waals surface area contributed by atoms with Crippen LogP contribution in [0.4, 0.5) is 0 Å². The second-order valence-electron chi connectivity index (χ2n) is 6.98. The molecular formula is C24H13Li. The Bertz CT molecular complexity index is 1150. The van der Waals surface area contributed by atoms with Crippen molar-refractivity contribution in [2.24, 2.45) is 0 Å². The Kier molecular flexibility index (Phi) is 2.39. The second kappa shape index (κ2) is 4.35. The maximum atomic E-state index is 2.27.